The summed E-state index contributed by atoms with van der Waals surface area (Å²) in [6.07, 6.45) is 4.27. The molecule has 1 saturated heterocycles. The number of carbonyl (C=O) groups is 1. The van der Waals surface area contributed by atoms with Gasteiger partial charge in [-0.2, -0.15) is 0 Å². The van der Waals surface area contributed by atoms with Gasteiger partial charge in [-0.1, -0.05) is 35.5 Å². The van der Waals surface area contributed by atoms with E-state index in [2.05, 4.69) is 56.2 Å². The Balaban J connectivity index is 1.38. The van der Waals surface area contributed by atoms with Crippen molar-refractivity contribution in [2.45, 2.75) is 37.8 Å². The quantitative estimate of drug-likeness (QED) is 0.425. The maximum atomic E-state index is 12.6. The van der Waals surface area contributed by atoms with Gasteiger partial charge >= 0.3 is 0 Å². The summed E-state index contributed by atoms with van der Waals surface area (Å²) in [7, 11) is 3.23. The number of thioether (sulfide) groups is 1. The van der Waals surface area contributed by atoms with Crippen molar-refractivity contribution in [2.24, 2.45) is 0 Å². The number of nitrogens with one attached hydrogen (secondary N) is 1. The van der Waals surface area contributed by atoms with Crippen molar-refractivity contribution in [3.8, 4) is 17.2 Å². The molecule has 0 unspecified atom stereocenters. The van der Waals surface area contributed by atoms with Crippen molar-refractivity contribution in [1.29, 1.82) is 0 Å². The molecule has 0 spiro atoms. The number of methoxy groups -OCH3 is 2. The maximum Gasteiger partial charge on any atom is 0.232 e. The summed E-state index contributed by atoms with van der Waals surface area (Å²) < 4.78 is 12.7. The lowest BCUT2D eigenvalue weighted by molar-refractivity contribution is -0.118. The number of benzene rings is 2. The van der Waals surface area contributed by atoms with Gasteiger partial charge in [0.05, 0.1) is 25.7 Å². The van der Waals surface area contributed by atoms with Crippen LogP contribution in [-0.2, 0) is 11.2 Å². The largest absolute Gasteiger partial charge is 0.493 e. The van der Waals surface area contributed by atoms with Gasteiger partial charge in [0.15, 0.2) is 16.7 Å². The van der Waals surface area contributed by atoms with Crippen LogP contribution in [0.4, 0.5) is 5.95 Å². The zero-order chi connectivity index (χ0) is 24.6. The van der Waals surface area contributed by atoms with E-state index in [1.165, 1.54) is 23.7 Å². The van der Waals surface area contributed by atoms with Crippen LogP contribution < -0.4 is 19.7 Å². The van der Waals surface area contributed by atoms with E-state index in [-0.39, 0.29) is 11.7 Å². The van der Waals surface area contributed by atoms with E-state index in [1.54, 1.807) is 14.2 Å². The molecule has 0 saturated carbocycles. The van der Waals surface area contributed by atoms with Crippen molar-refractivity contribution in [1.82, 2.24) is 20.1 Å². The predicted octanol–water partition coefficient (Wildman–Crippen LogP) is 4.03. The van der Waals surface area contributed by atoms with Crippen LogP contribution in [0.15, 0.2) is 47.6 Å². The summed E-state index contributed by atoms with van der Waals surface area (Å²) in [5.74, 6) is 2.47. The minimum Gasteiger partial charge on any atom is -0.493 e. The molecular formula is C26H33N5O3S. The number of aromatic nitrogens is 3. The minimum atomic E-state index is -0.0338. The number of rotatable bonds is 10. The summed E-state index contributed by atoms with van der Waals surface area (Å²) in [5.41, 5.74) is 3.28. The molecule has 0 radical (unpaired) electrons. The third kappa shape index (κ3) is 6.28. The van der Waals surface area contributed by atoms with Crippen LogP contribution in [0.2, 0.25) is 0 Å². The SMILES string of the molecule is COc1ccc(CCNC(=O)CSc2nnc(N3CCCCC3)n2-c2ccc(C)cc2)cc1OC. The lowest BCUT2D eigenvalue weighted by Gasteiger charge is -2.27. The van der Waals surface area contributed by atoms with Gasteiger partial charge in [0.2, 0.25) is 11.9 Å². The van der Waals surface area contributed by atoms with E-state index in [4.69, 9.17) is 9.47 Å². The van der Waals surface area contributed by atoms with E-state index < -0.39 is 0 Å². The van der Waals surface area contributed by atoms with Crippen LogP contribution in [0.25, 0.3) is 5.69 Å². The Kier molecular flexibility index (Phi) is 8.52. The molecule has 1 N–H and O–H groups in total. The molecule has 1 aromatic heterocycles. The van der Waals surface area contributed by atoms with E-state index in [0.717, 1.165) is 48.3 Å². The number of ether oxygens (including phenoxy) is 2. The Morgan fingerprint density at radius 3 is 2.46 bits per heavy atom. The lowest BCUT2D eigenvalue weighted by Crippen LogP contribution is -2.31. The van der Waals surface area contributed by atoms with Gasteiger partial charge in [0, 0.05) is 19.6 Å². The molecule has 8 nitrogen and oxygen atoms in total. The summed E-state index contributed by atoms with van der Waals surface area (Å²) >= 11 is 1.41. The average molecular weight is 496 g/mol. The molecule has 0 atom stereocenters. The Bertz CT molecular complexity index is 1130. The molecule has 0 bridgehead atoms. The zero-order valence-corrected chi connectivity index (χ0v) is 21.4. The smallest absolute Gasteiger partial charge is 0.232 e. The highest BCUT2D eigenvalue weighted by Crippen LogP contribution is 2.29. The Hall–Kier alpha value is -3.20. The van der Waals surface area contributed by atoms with Gasteiger partial charge in [0.25, 0.3) is 0 Å². The number of aryl methyl sites for hydroxylation is 1. The first-order valence-electron chi connectivity index (χ1n) is 12.0. The first-order chi connectivity index (χ1) is 17.1. The number of anilines is 1. The van der Waals surface area contributed by atoms with Crippen LogP contribution in [-0.4, -0.2) is 60.3 Å². The van der Waals surface area contributed by atoms with Crippen molar-refractivity contribution >= 4 is 23.6 Å². The Labute approximate surface area is 211 Å². The molecular weight excluding hydrogens is 462 g/mol. The van der Waals surface area contributed by atoms with Crippen LogP contribution >= 0.6 is 11.8 Å². The highest BCUT2D eigenvalue weighted by atomic mass is 32.2. The van der Waals surface area contributed by atoms with Crippen molar-refractivity contribution in [3.05, 3.63) is 53.6 Å². The number of hydrogen-bond donors (Lipinski definition) is 1. The molecule has 186 valence electrons. The van der Waals surface area contributed by atoms with Gasteiger partial charge in [-0.05, 0) is 62.4 Å². The Morgan fingerprint density at radius 2 is 1.74 bits per heavy atom. The number of carbonyl (C=O) groups excluding carboxylic acids is 1. The average Bonchev–Trinajstić information content (AvgIpc) is 3.32. The van der Waals surface area contributed by atoms with E-state index in [0.29, 0.717) is 24.5 Å². The van der Waals surface area contributed by atoms with Gasteiger partial charge in [0.1, 0.15) is 0 Å². The molecule has 1 aliphatic rings. The molecule has 9 heteroatoms. The molecule has 0 aliphatic carbocycles. The van der Waals surface area contributed by atoms with Crippen molar-refractivity contribution in [3.63, 3.8) is 0 Å². The van der Waals surface area contributed by atoms with Gasteiger partial charge in [-0.15, -0.1) is 10.2 Å². The van der Waals surface area contributed by atoms with Gasteiger partial charge in [-0.25, -0.2) is 0 Å². The molecule has 1 fully saturated rings. The van der Waals surface area contributed by atoms with Crippen LogP contribution in [0.3, 0.4) is 0 Å². The van der Waals surface area contributed by atoms with E-state index in [1.807, 2.05) is 18.2 Å². The molecule has 1 amide bonds. The monoisotopic (exact) mass is 495 g/mol. The van der Waals surface area contributed by atoms with Crippen LogP contribution in [0.1, 0.15) is 30.4 Å². The standard InChI is InChI=1S/C26H33N5O3S/c1-19-7-10-21(11-8-19)31-25(30-15-5-4-6-16-30)28-29-26(31)35-18-24(32)27-14-13-20-9-12-22(33-2)23(17-20)34-3/h7-12,17H,4-6,13-16,18H2,1-3H3,(H,27,32). The second-order valence-corrected chi connectivity index (χ2v) is 9.52. The van der Waals surface area contributed by atoms with Crippen molar-refractivity contribution in [2.75, 3.05) is 44.5 Å². The molecule has 2 heterocycles. The zero-order valence-electron chi connectivity index (χ0n) is 20.6. The fraction of sp³-hybridized carbons (Fsp3) is 0.423. The second-order valence-electron chi connectivity index (χ2n) is 8.58. The number of amides is 1. The third-order valence-corrected chi connectivity index (χ3v) is 6.99. The number of nitrogens with zero attached hydrogens (tertiary/aromatic N) is 4. The maximum absolute atomic E-state index is 12.6. The normalized spacial score (nSPS) is 13.5. The van der Waals surface area contributed by atoms with Gasteiger partial charge in [-0.3, -0.25) is 9.36 Å². The Morgan fingerprint density at radius 1 is 1.00 bits per heavy atom. The molecule has 4 rings (SSSR count). The topological polar surface area (TPSA) is 81.5 Å². The van der Waals surface area contributed by atoms with E-state index in [9.17, 15) is 4.79 Å². The minimum absolute atomic E-state index is 0.0338. The highest BCUT2D eigenvalue weighted by Gasteiger charge is 2.22. The molecule has 2 aromatic carbocycles. The predicted molar refractivity (Wildman–Crippen MR) is 139 cm³/mol. The first-order valence-corrected chi connectivity index (χ1v) is 13.0. The first kappa shape index (κ1) is 24.9. The van der Waals surface area contributed by atoms with Gasteiger partial charge < -0.3 is 19.7 Å². The lowest BCUT2D eigenvalue weighted by atomic mass is 10.1. The highest BCUT2D eigenvalue weighted by molar-refractivity contribution is 7.99. The number of hydrogen-bond acceptors (Lipinski definition) is 7. The fourth-order valence-electron chi connectivity index (χ4n) is 4.14. The second kappa shape index (κ2) is 12.0. The summed E-state index contributed by atoms with van der Waals surface area (Å²) in [5, 5.41) is 12.7. The molecule has 3 aromatic rings. The third-order valence-electron chi connectivity index (χ3n) is 6.06. The van der Waals surface area contributed by atoms with E-state index >= 15 is 0 Å². The summed E-state index contributed by atoms with van der Waals surface area (Å²) in [6, 6.07) is 14.1. The number of piperidine rings is 1. The summed E-state index contributed by atoms with van der Waals surface area (Å²) in [6.45, 7) is 4.57. The van der Waals surface area contributed by atoms with Crippen LogP contribution in [0, 0.1) is 6.92 Å². The summed E-state index contributed by atoms with van der Waals surface area (Å²) in [4.78, 5) is 14.9. The molecule has 1 aliphatic heterocycles. The fourth-order valence-corrected chi connectivity index (χ4v) is 4.91. The van der Waals surface area contributed by atoms with Crippen LogP contribution in [0.5, 0.6) is 11.5 Å². The van der Waals surface area contributed by atoms with Crippen molar-refractivity contribution < 1.29 is 14.3 Å². The molecule has 35 heavy (non-hydrogen) atoms.